The van der Waals surface area contributed by atoms with Gasteiger partial charge in [0.1, 0.15) is 11.6 Å². The summed E-state index contributed by atoms with van der Waals surface area (Å²) in [5.74, 6) is 0.161. The van der Waals surface area contributed by atoms with Gasteiger partial charge in [-0.1, -0.05) is 40.0 Å². The van der Waals surface area contributed by atoms with Gasteiger partial charge in [0.05, 0.1) is 0 Å². The van der Waals surface area contributed by atoms with Crippen molar-refractivity contribution < 1.29 is 9.59 Å². The van der Waals surface area contributed by atoms with Gasteiger partial charge in [-0.3, -0.25) is 9.59 Å². The van der Waals surface area contributed by atoms with Crippen LogP contribution in [0.2, 0.25) is 0 Å². The number of rotatable bonds is 2. The third kappa shape index (κ3) is 2.99. The van der Waals surface area contributed by atoms with Gasteiger partial charge in [0.2, 0.25) is 11.8 Å². The van der Waals surface area contributed by atoms with Crippen LogP contribution in [-0.4, -0.2) is 34.8 Å². The van der Waals surface area contributed by atoms with Crippen LogP contribution < -0.4 is 5.32 Å². The first-order valence-electron chi connectivity index (χ1n) is 7.88. The van der Waals surface area contributed by atoms with Crippen LogP contribution >= 0.6 is 0 Å². The van der Waals surface area contributed by atoms with E-state index in [1.807, 2.05) is 11.8 Å². The largest absolute Gasteiger partial charge is 0.340 e. The van der Waals surface area contributed by atoms with Crippen molar-refractivity contribution in [2.75, 3.05) is 6.54 Å². The average molecular weight is 280 g/mol. The minimum Gasteiger partial charge on any atom is -0.340 e. The highest BCUT2D eigenvalue weighted by Gasteiger charge is 2.49. The SMILES string of the molecule is CC1C(=O)NC2(CCCCC2)C(=O)N1CCC(C)(C)C. The third-order valence-electron chi connectivity index (χ3n) is 4.69. The van der Waals surface area contributed by atoms with Crippen molar-refractivity contribution in [3.05, 3.63) is 0 Å². The highest BCUT2D eigenvalue weighted by molar-refractivity contribution is 5.99. The molecule has 2 amide bonds. The molecule has 1 spiro atoms. The van der Waals surface area contributed by atoms with E-state index in [1.54, 1.807) is 0 Å². The summed E-state index contributed by atoms with van der Waals surface area (Å²) < 4.78 is 0. The van der Waals surface area contributed by atoms with Gasteiger partial charge in [0.25, 0.3) is 0 Å². The number of amides is 2. The molecule has 2 rings (SSSR count). The minimum atomic E-state index is -0.597. The molecular weight excluding hydrogens is 252 g/mol. The lowest BCUT2D eigenvalue weighted by Crippen LogP contribution is -2.70. The highest BCUT2D eigenvalue weighted by Crippen LogP contribution is 2.34. The lowest BCUT2D eigenvalue weighted by atomic mass is 9.78. The van der Waals surface area contributed by atoms with Gasteiger partial charge in [-0.05, 0) is 31.6 Å². The zero-order valence-corrected chi connectivity index (χ0v) is 13.3. The van der Waals surface area contributed by atoms with E-state index in [-0.39, 0.29) is 23.3 Å². The molecule has 0 bridgehead atoms. The summed E-state index contributed by atoms with van der Waals surface area (Å²) in [5.41, 5.74) is -0.423. The van der Waals surface area contributed by atoms with E-state index in [0.29, 0.717) is 6.54 Å². The maximum atomic E-state index is 12.9. The minimum absolute atomic E-state index is 0.0143. The highest BCUT2D eigenvalue weighted by atomic mass is 16.2. The Morgan fingerprint density at radius 1 is 1.20 bits per heavy atom. The molecule has 114 valence electrons. The predicted octanol–water partition coefficient (Wildman–Crippen LogP) is 2.47. The van der Waals surface area contributed by atoms with Gasteiger partial charge in [-0.2, -0.15) is 0 Å². The summed E-state index contributed by atoms with van der Waals surface area (Å²) in [7, 11) is 0. The number of nitrogens with one attached hydrogen (secondary N) is 1. The van der Waals surface area contributed by atoms with Gasteiger partial charge < -0.3 is 10.2 Å². The van der Waals surface area contributed by atoms with E-state index in [4.69, 9.17) is 0 Å². The first kappa shape index (κ1) is 15.3. The molecule has 0 aromatic carbocycles. The Morgan fingerprint density at radius 3 is 2.35 bits per heavy atom. The van der Waals surface area contributed by atoms with Crippen molar-refractivity contribution in [2.24, 2.45) is 5.41 Å². The molecule has 1 aliphatic heterocycles. The lowest BCUT2D eigenvalue weighted by molar-refractivity contribution is -0.156. The van der Waals surface area contributed by atoms with E-state index < -0.39 is 5.54 Å². The van der Waals surface area contributed by atoms with Crippen molar-refractivity contribution in [3.63, 3.8) is 0 Å². The molecule has 0 aromatic rings. The van der Waals surface area contributed by atoms with Crippen molar-refractivity contribution in [1.82, 2.24) is 10.2 Å². The average Bonchev–Trinajstić information content (AvgIpc) is 2.36. The Labute approximate surface area is 122 Å². The lowest BCUT2D eigenvalue weighted by Gasteiger charge is -2.47. The van der Waals surface area contributed by atoms with Gasteiger partial charge >= 0.3 is 0 Å². The molecule has 0 aromatic heterocycles. The Morgan fingerprint density at radius 2 is 1.80 bits per heavy atom. The van der Waals surface area contributed by atoms with Crippen molar-refractivity contribution in [3.8, 4) is 0 Å². The van der Waals surface area contributed by atoms with Crippen molar-refractivity contribution in [2.45, 2.75) is 77.8 Å². The smallest absolute Gasteiger partial charge is 0.248 e. The van der Waals surface area contributed by atoms with Crippen molar-refractivity contribution in [1.29, 1.82) is 0 Å². The summed E-state index contributed by atoms with van der Waals surface area (Å²) in [4.78, 5) is 26.9. The number of hydrogen-bond donors (Lipinski definition) is 1. The molecular formula is C16H28N2O2. The quantitative estimate of drug-likeness (QED) is 0.844. The second-order valence-electron chi connectivity index (χ2n) is 7.62. The van der Waals surface area contributed by atoms with E-state index in [2.05, 4.69) is 26.1 Å². The fourth-order valence-electron chi connectivity index (χ4n) is 3.23. The van der Waals surface area contributed by atoms with Crippen LogP contribution in [0.3, 0.4) is 0 Å². The first-order chi connectivity index (χ1) is 9.25. The maximum Gasteiger partial charge on any atom is 0.248 e. The summed E-state index contributed by atoms with van der Waals surface area (Å²) >= 11 is 0. The fraction of sp³-hybridized carbons (Fsp3) is 0.875. The van der Waals surface area contributed by atoms with Gasteiger partial charge in [-0.15, -0.1) is 0 Å². The molecule has 4 nitrogen and oxygen atoms in total. The molecule has 0 radical (unpaired) electrons. The Hall–Kier alpha value is -1.06. The van der Waals surface area contributed by atoms with E-state index in [9.17, 15) is 9.59 Å². The number of carbonyl (C=O) groups excluding carboxylic acids is 2. The standard InChI is InChI=1S/C16H28N2O2/c1-12-13(19)17-16(8-6-5-7-9-16)14(20)18(12)11-10-15(2,3)4/h12H,5-11H2,1-4H3,(H,17,19). The van der Waals surface area contributed by atoms with Crippen LogP contribution in [0.25, 0.3) is 0 Å². The molecule has 2 fully saturated rings. The number of hydrogen-bond acceptors (Lipinski definition) is 2. The van der Waals surface area contributed by atoms with Gasteiger partial charge in [0, 0.05) is 6.54 Å². The van der Waals surface area contributed by atoms with Crippen LogP contribution in [0.15, 0.2) is 0 Å². The molecule has 1 saturated heterocycles. The van der Waals surface area contributed by atoms with Gasteiger partial charge in [-0.25, -0.2) is 0 Å². The van der Waals surface area contributed by atoms with Gasteiger partial charge in [0.15, 0.2) is 0 Å². The number of carbonyl (C=O) groups is 2. The van der Waals surface area contributed by atoms with Crippen LogP contribution in [0.1, 0.15) is 66.2 Å². The molecule has 1 N–H and O–H groups in total. The molecule has 1 unspecified atom stereocenters. The Kier molecular flexibility index (Phi) is 4.12. The van der Waals surface area contributed by atoms with Crippen LogP contribution in [0.4, 0.5) is 0 Å². The molecule has 1 aliphatic carbocycles. The zero-order chi connectivity index (χ0) is 15.0. The topological polar surface area (TPSA) is 49.4 Å². The van der Waals surface area contributed by atoms with Crippen LogP contribution in [-0.2, 0) is 9.59 Å². The molecule has 1 atom stereocenters. The fourth-order valence-corrected chi connectivity index (χ4v) is 3.23. The molecule has 2 aliphatic rings. The Balaban J connectivity index is 2.16. The van der Waals surface area contributed by atoms with Crippen molar-refractivity contribution >= 4 is 11.8 Å². The monoisotopic (exact) mass is 280 g/mol. The summed E-state index contributed by atoms with van der Waals surface area (Å²) in [5, 5.41) is 3.03. The normalized spacial score (nSPS) is 26.8. The first-order valence-corrected chi connectivity index (χ1v) is 7.88. The predicted molar refractivity (Wildman–Crippen MR) is 79.2 cm³/mol. The maximum absolute atomic E-state index is 12.9. The summed E-state index contributed by atoms with van der Waals surface area (Å²) in [6.45, 7) is 9.03. The second kappa shape index (κ2) is 5.38. The number of nitrogens with zero attached hydrogens (tertiary/aromatic N) is 1. The van der Waals surface area contributed by atoms with E-state index >= 15 is 0 Å². The molecule has 4 heteroatoms. The molecule has 1 saturated carbocycles. The van der Waals surface area contributed by atoms with E-state index in [0.717, 1.165) is 32.1 Å². The Bertz CT molecular complexity index is 392. The third-order valence-corrected chi connectivity index (χ3v) is 4.69. The zero-order valence-electron chi connectivity index (χ0n) is 13.3. The molecule has 1 heterocycles. The summed E-state index contributed by atoms with van der Waals surface area (Å²) in [6.07, 6.45) is 5.77. The van der Waals surface area contributed by atoms with Crippen LogP contribution in [0.5, 0.6) is 0 Å². The van der Waals surface area contributed by atoms with Crippen LogP contribution in [0, 0.1) is 5.41 Å². The number of piperazine rings is 1. The van der Waals surface area contributed by atoms with E-state index in [1.165, 1.54) is 6.42 Å². The second-order valence-corrected chi connectivity index (χ2v) is 7.62. The summed E-state index contributed by atoms with van der Waals surface area (Å²) in [6, 6.07) is -0.336. The molecule has 20 heavy (non-hydrogen) atoms.